The Labute approximate surface area is 96.1 Å². The van der Waals surface area contributed by atoms with Crippen molar-refractivity contribution in [2.24, 2.45) is 0 Å². The first-order chi connectivity index (χ1) is 7.60. The fourth-order valence-corrected chi connectivity index (χ4v) is 1.81. The number of ether oxygens (including phenoxy) is 1. The molecule has 3 nitrogen and oxygen atoms in total. The Balaban J connectivity index is 3.12. The molecule has 0 bridgehead atoms. The summed E-state index contributed by atoms with van der Waals surface area (Å²) in [6.45, 7) is 3.94. The first-order valence-electron chi connectivity index (χ1n) is 5.47. The lowest BCUT2D eigenvalue weighted by molar-refractivity contribution is -0.139. The van der Waals surface area contributed by atoms with Crippen molar-refractivity contribution in [1.29, 1.82) is 0 Å². The highest BCUT2D eigenvalue weighted by molar-refractivity contribution is 5.77. The minimum Gasteiger partial charge on any atom is -0.496 e. The van der Waals surface area contributed by atoms with Crippen LogP contribution in [0.15, 0.2) is 18.2 Å². The summed E-state index contributed by atoms with van der Waals surface area (Å²) < 4.78 is 5.24. The van der Waals surface area contributed by atoms with E-state index in [1.165, 1.54) is 0 Å². The van der Waals surface area contributed by atoms with Crippen LogP contribution in [-0.2, 0) is 4.79 Å². The Bertz CT molecular complexity index is 371. The van der Waals surface area contributed by atoms with Gasteiger partial charge in [-0.25, -0.2) is 0 Å². The lowest BCUT2D eigenvalue weighted by Gasteiger charge is -2.15. The van der Waals surface area contributed by atoms with Gasteiger partial charge in [-0.1, -0.05) is 25.5 Å². The molecule has 1 aromatic rings. The van der Waals surface area contributed by atoms with E-state index in [0.717, 1.165) is 17.5 Å². The largest absolute Gasteiger partial charge is 0.496 e. The number of hydrogen-bond acceptors (Lipinski definition) is 2. The van der Waals surface area contributed by atoms with Crippen LogP contribution >= 0.6 is 0 Å². The Kier molecular flexibility index (Phi) is 4.35. The number of rotatable bonds is 5. The highest BCUT2D eigenvalue weighted by Crippen LogP contribution is 2.30. The molecule has 0 aliphatic rings. The normalized spacial score (nSPS) is 12.2. The van der Waals surface area contributed by atoms with Gasteiger partial charge in [-0.2, -0.15) is 0 Å². The van der Waals surface area contributed by atoms with Crippen LogP contribution in [0.25, 0.3) is 0 Å². The standard InChI is InChI=1S/C13H18O3/c1-4-5-11(13(14)15)10-7-6-9(2)8-12(10)16-3/h6-8,11H,4-5H2,1-3H3,(H,14,15). The van der Waals surface area contributed by atoms with Gasteiger partial charge in [-0.05, 0) is 25.0 Å². The topological polar surface area (TPSA) is 46.5 Å². The molecule has 0 spiro atoms. The van der Waals surface area contributed by atoms with Gasteiger partial charge < -0.3 is 9.84 Å². The number of methoxy groups -OCH3 is 1. The maximum absolute atomic E-state index is 11.2. The summed E-state index contributed by atoms with van der Waals surface area (Å²) in [6.07, 6.45) is 1.47. The molecule has 1 unspecified atom stereocenters. The van der Waals surface area contributed by atoms with E-state index in [2.05, 4.69) is 0 Å². The van der Waals surface area contributed by atoms with Crippen molar-refractivity contribution < 1.29 is 14.6 Å². The van der Waals surface area contributed by atoms with Gasteiger partial charge in [0.05, 0.1) is 13.0 Å². The van der Waals surface area contributed by atoms with Crippen LogP contribution in [0.3, 0.4) is 0 Å². The van der Waals surface area contributed by atoms with Crippen molar-refractivity contribution in [3.8, 4) is 5.75 Å². The molecule has 1 rings (SSSR count). The van der Waals surface area contributed by atoms with E-state index in [0.29, 0.717) is 12.2 Å². The zero-order valence-electron chi connectivity index (χ0n) is 9.99. The van der Waals surface area contributed by atoms with Crippen LogP contribution < -0.4 is 4.74 Å². The predicted molar refractivity (Wildman–Crippen MR) is 63.0 cm³/mol. The van der Waals surface area contributed by atoms with Gasteiger partial charge in [0, 0.05) is 5.56 Å². The second-order valence-electron chi connectivity index (χ2n) is 3.92. The number of aliphatic carboxylic acids is 1. The molecule has 0 heterocycles. The maximum Gasteiger partial charge on any atom is 0.311 e. The summed E-state index contributed by atoms with van der Waals surface area (Å²) in [5.74, 6) is -0.592. The quantitative estimate of drug-likeness (QED) is 0.833. The smallest absolute Gasteiger partial charge is 0.311 e. The van der Waals surface area contributed by atoms with Gasteiger partial charge in [-0.15, -0.1) is 0 Å². The number of aryl methyl sites for hydroxylation is 1. The van der Waals surface area contributed by atoms with E-state index in [-0.39, 0.29) is 0 Å². The minimum absolute atomic E-state index is 0.472. The van der Waals surface area contributed by atoms with E-state index in [1.54, 1.807) is 7.11 Å². The van der Waals surface area contributed by atoms with Crippen molar-refractivity contribution >= 4 is 5.97 Å². The van der Waals surface area contributed by atoms with Crippen molar-refractivity contribution in [3.63, 3.8) is 0 Å². The molecule has 0 saturated carbocycles. The monoisotopic (exact) mass is 222 g/mol. The summed E-state index contributed by atoms with van der Waals surface area (Å²) in [5, 5.41) is 9.19. The highest BCUT2D eigenvalue weighted by Gasteiger charge is 2.22. The number of hydrogen-bond donors (Lipinski definition) is 1. The van der Waals surface area contributed by atoms with E-state index < -0.39 is 11.9 Å². The first-order valence-corrected chi connectivity index (χ1v) is 5.47. The zero-order chi connectivity index (χ0) is 12.1. The van der Waals surface area contributed by atoms with Crippen molar-refractivity contribution in [2.45, 2.75) is 32.6 Å². The average molecular weight is 222 g/mol. The SMILES string of the molecule is CCCC(C(=O)O)c1ccc(C)cc1OC. The molecule has 1 aromatic carbocycles. The Morgan fingerprint density at radius 2 is 2.19 bits per heavy atom. The molecule has 0 fully saturated rings. The second kappa shape index (κ2) is 5.54. The fourth-order valence-electron chi connectivity index (χ4n) is 1.81. The summed E-state index contributed by atoms with van der Waals surface area (Å²) in [7, 11) is 1.57. The lowest BCUT2D eigenvalue weighted by Crippen LogP contribution is -2.12. The Morgan fingerprint density at radius 3 is 2.69 bits per heavy atom. The van der Waals surface area contributed by atoms with E-state index in [4.69, 9.17) is 4.74 Å². The van der Waals surface area contributed by atoms with Crippen LogP contribution in [0.2, 0.25) is 0 Å². The van der Waals surface area contributed by atoms with Crippen molar-refractivity contribution in [1.82, 2.24) is 0 Å². The number of carboxylic acids is 1. The number of carboxylic acid groups (broad SMARTS) is 1. The first kappa shape index (κ1) is 12.6. The third-order valence-electron chi connectivity index (χ3n) is 2.64. The Hall–Kier alpha value is -1.51. The van der Waals surface area contributed by atoms with Crippen LogP contribution in [0.4, 0.5) is 0 Å². The molecule has 3 heteroatoms. The van der Waals surface area contributed by atoms with Crippen molar-refractivity contribution in [3.05, 3.63) is 29.3 Å². The summed E-state index contributed by atoms with van der Waals surface area (Å²) in [6, 6.07) is 5.65. The molecule has 88 valence electrons. The third kappa shape index (κ3) is 2.75. The van der Waals surface area contributed by atoms with E-state index in [1.807, 2.05) is 32.0 Å². The molecule has 16 heavy (non-hydrogen) atoms. The minimum atomic E-state index is -0.788. The fraction of sp³-hybridized carbons (Fsp3) is 0.462. The van der Waals surface area contributed by atoms with Gasteiger partial charge in [0.15, 0.2) is 0 Å². The Morgan fingerprint density at radius 1 is 1.50 bits per heavy atom. The summed E-state index contributed by atoms with van der Waals surface area (Å²) in [5.41, 5.74) is 1.84. The molecular formula is C13H18O3. The van der Waals surface area contributed by atoms with Crippen LogP contribution in [0.5, 0.6) is 5.75 Å². The number of benzene rings is 1. The average Bonchev–Trinajstić information content (AvgIpc) is 2.26. The zero-order valence-corrected chi connectivity index (χ0v) is 9.99. The molecular weight excluding hydrogens is 204 g/mol. The summed E-state index contributed by atoms with van der Waals surface area (Å²) >= 11 is 0. The van der Waals surface area contributed by atoms with Crippen LogP contribution in [0.1, 0.15) is 36.8 Å². The van der Waals surface area contributed by atoms with Crippen molar-refractivity contribution in [2.75, 3.05) is 7.11 Å². The second-order valence-corrected chi connectivity index (χ2v) is 3.92. The van der Waals surface area contributed by atoms with Gasteiger partial charge in [0.2, 0.25) is 0 Å². The lowest BCUT2D eigenvalue weighted by atomic mass is 9.93. The molecule has 0 aliphatic carbocycles. The highest BCUT2D eigenvalue weighted by atomic mass is 16.5. The maximum atomic E-state index is 11.2. The third-order valence-corrected chi connectivity index (χ3v) is 2.64. The van der Waals surface area contributed by atoms with Gasteiger partial charge in [0.25, 0.3) is 0 Å². The van der Waals surface area contributed by atoms with Crippen LogP contribution in [0, 0.1) is 6.92 Å². The van der Waals surface area contributed by atoms with E-state index >= 15 is 0 Å². The molecule has 0 radical (unpaired) electrons. The molecule has 1 atom stereocenters. The van der Waals surface area contributed by atoms with Gasteiger partial charge in [-0.3, -0.25) is 4.79 Å². The number of carbonyl (C=O) groups is 1. The van der Waals surface area contributed by atoms with E-state index in [9.17, 15) is 9.90 Å². The molecule has 0 saturated heterocycles. The molecule has 0 aromatic heterocycles. The molecule has 1 N–H and O–H groups in total. The molecule has 0 amide bonds. The predicted octanol–water partition coefficient (Wildman–Crippen LogP) is 2.97. The van der Waals surface area contributed by atoms with Gasteiger partial charge in [0.1, 0.15) is 5.75 Å². The van der Waals surface area contributed by atoms with Crippen LogP contribution in [-0.4, -0.2) is 18.2 Å². The van der Waals surface area contributed by atoms with Gasteiger partial charge >= 0.3 is 5.97 Å². The molecule has 0 aliphatic heterocycles. The summed E-state index contributed by atoms with van der Waals surface area (Å²) in [4.78, 5) is 11.2.